The largest absolute Gasteiger partial charge is 0.493 e. The summed E-state index contributed by atoms with van der Waals surface area (Å²) in [4.78, 5) is 4.13. The molecule has 0 saturated heterocycles. The third-order valence-electron chi connectivity index (χ3n) is 2.50. The summed E-state index contributed by atoms with van der Waals surface area (Å²) in [5.74, 6) is 1.52. The predicted octanol–water partition coefficient (Wildman–Crippen LogP) is 2.28. The topological polar surface area (TPSA) is 54.9 Å². The number of nitrogens with zero attached hydrogens (tertiary/aromatic N) is 1. The molecule has 0 radical (unpaired) electrons. The number of hydrogen-bond acceptors (Lipinski definition) is 3. The fraction of sp³-hybridized carbons (Fsp3) is 0.400. The number of guanidine groups is 1. The van der Waals surface area contributed by atoms with Crippen LogP contribution in [0.2, 0.25) is 0 Å². The lowest BCUT2D eigenvalue weighted by molar-refractivity contribution is 0.172. The molecule has 0 heterocycles. The van der Waals surface area contributed by atoms with Crippen molar-refractivity contribution in [1.82, 2.24) is 5.32 Å². The zero-order chi connectivity index (χ0) is 14.6. The Morgan fingerprint density at radius 1 is 1.40 bits per heavy atom. The number of benzene rings is 1. The van der Waals surface area contributed by atoms with Crippen molar-refractivity contribution in [3.63, 3.8) is 0 Å². The molecule has 0 unspecified atom stereocenters. The summed E-state index contributed by atoms with van der Waals surface area (Å²) in [7, 11) is 3.41. The molecule has 0 amide bonds. The van der Waals surface area contributed by atoms with Gasteiger partial charge in [-0.2, -0.15) is 0 Å². The molecule has 110 valence electrons. The first kappa shape index (κ1) is 16.0. The number of aliphatic imine (C=N–C) groups is 1. The van der Waals surface area contributed by atoms with E-state index in [0.29, 0.717) is 25.7 Å². The van der Waals surface area contributed by atoms with Crippen LogP contribution in [0.1, 0.15) is 6.42 Å². The summed E-state index contributed by atoms with van der Waals surface area (Å²) in [6.45, 7) is 5.67. The maximum Gasteiger partial charge on any atom is 0.195 e. The van der Waals surface area contributed by atoms with Gasteiger partial charge < -0.3 is 20.1 Å². The highest BCUT2D eigenvalue weighted by atomic mass is 16.5. The van der Waals surface area contributed by atoms with Gasteiger partial charge in [-0.15, -0.1) is 6.58 Å². The summed E-state index contributed by atoms with van der Waals surface area (Å²) in [5.41, 5.74) is 0.923. The van der Waals surface area contributed by atoms with E-state index in [0.717, 1.165) is 17.9 Å². The summed E-state index contributed by atoms with van der Waals surface area (Å²) < 4.78 is 10.6. The van der Waals surface area contributed by atoms with Crippen molar-refractivity contribution in [2.24, 2.45) is 4.99 Å². The van der Waals surface area contributed by atoms with E-state index < -0.39 is 0 Å². The zero-order valence-electron chi connectivity index (χ0n) is 12.2. The molecule has 0 aliphatic heterocycles. The lowest BCUT2D eigenvalue weighted by Crippen LogP contribution is -2.30. The first-order valence-electron chi connectivity index (χ1n) is 6.60. The van der Waals surface area contributed by atoms with Crippen LogP contribution in [0, 0.1) is 0 Å². The highest BCUT2D eigenvalue weighted by Crippen LogP contribution is 2.17. The molecule has 0 aliphatic rings. The van der Waals surface area contributed by atoms with Crippen LogP contribution in [-0.4, -0.2) is 39.9 Å². The number of hydrogen-bond donors (Lipinski definition) is 2. The number of methoxy groups -OCH3 is 1. The molecule has 0 spiro atoms. The molecule has 1 aromatic rings. The Labute approximate surface area is 120 Å². The van der Waals surface area contributed by atoms with Crippen LogP contribution >= 0.6 is 0 Å². The van der Waals surface area contributed by atoms with E-state index in [1.165, 1.54) is 0 Å². The van der Waals surface area contributed by atoms with Gasteiger partial charge >= 0.3 is 0 Å². The molecule has 0 saturated carbocycles. The maximum atomic E-state index is 5.65. The van der Waals surface area contributed by atoms with E-state index in [1.807, 2.05) is 24.3 Å². The predicted molar refractivity (Wildman–Crippen MR) is 83.6 cm³/mol. The number of nitrogens with one attached hydrogen (secondary N) is 2. The summed E-state index contributed by atoms with van der Waals surface area (Å²) in [6, 6.07) is 7.77. The average Bonchev–Trinajstić information content (AvgIpc) is 2.48. The second-order valence-electron chi connectivity index (χ2n) is 4.09. The molecule has 0 atom stereocenters. The van der Waals surface area contributed by atoms with E-state index in [4.69, 9.17) is 9.47 Å². The van der Waals surface area contributed by atoms with Gasteiger partial charge in [0.05, 0.1) is 6.61 Å². The molecule has 0 aliphatic carbocycles. The molecule has 1 aromatic carbocycles. The Balaban J connectivity index is 2.51. The Hall–Kier alpha value is -2.01. The summed E-state index contributed by atoms with van der Waals surface area (Å²) in [6.07, 6.45) is 2.65. The molecule has 5 heteroatoms. The molecular formula is C15H23N3O2. The first-order valence-corrected chi connectivity index (χ1v) is 6.60. The third kappa shape index (κ3) is 6.24. The van der Waals surface area contributed by atoms with Gasteiger partial charge in [0.15, 0.2) is 5.96 Å². The smallest absolute Gasteiger partial charge is 0.195 e. The molecule has 2 N–H and O–H groups in total. The molecule has 0 fully saturated rings. The SMILES string of the molecule is C=CCNC(=NC)Nc1cccc(OCCCOC)c1. The van der Waals surface area contributed by atoms with Crippen LogP contribution < -0.4 is 15.4 Å². The fourth-order valence-electron chi connectivity index (χ4n) is 1.54. The molecule has 0 bridgehead atoms. The van der Waals surface area contributed by atoms with Gasteiger partial charge in [0.1, 0.15) is 5.75 Å². The van der Waals surface area contributed by atoms with Crippen LogP contribution in [0.3, 0.4) is 0 Å². The standard InChI is InChI=1S/C15H23N3O2/c1-4-9-17-15(16-2)18-13-7-5-8-14(12-13)20-11-6-10-19-3/h4-5,7-8,12H,1,6,9-11H2,2-3H3,(H2,16,17,18). The summed E-state index contributed by atoms with van der Waals surface area (Å²) in [5, 5.41) is 6.30. The number of rotatable bonds is 8. The molecule has 1 rings (SSSR count). The van der Waals surface area contributed by atoms with E-state index in [-0.39, 0.29) is 0 Å². The van der Waals surface area contributed by atoms with Crippen LogP contribution in [0.25, 0.3) is 0 Å². The quantitative estimate of drug-likeness (QED) is 0.331. The van der Waals surface area contributed by atoms with Gasteiger partial charge in [-0.05, 0) is 12.1 Å². The molecule has 20 heavy (non-hydrogen) atoms. The molecule has 0 aromatic heterocycles. The van der Waals surface area contributed by atoms with Crippen LogP contribution in [-0.2, 0) is 4.74 Å². The Morgan fingerprint density at radius 2 is 2.25 bits per heavy atom. The van der Waals surface area contributed by atoms with Crippen molar-refractivity contribution in [3.05, 3.63) is 36.9 Å². The van der Waals surface area contributed by atoms with Gasteiger partial charge in [-0.1, -0.05) is 12.1 Å². The monoisotopic (exact) mass is 277 g/mol. The maximum absolute atomic E-state index is 5.65. The minimum Gasteiger partial charge on any atom is -0.493 e. The van der Waals surface area contributed by atoms with Gasteiger partial charge in [-0.3, -0.25) is 4.99 Å². The van der Waals surface area contributed by atoms with Gasteiger partial charge in [0, 0.05) is 45.5 Å². The van der Waals surface area contributed by atoms with Crippen molar-refractivity contribution >= 4 is 11.6 Å². The van der Waals surface area contributed by atoms with E-state index in [2.05, 4.69) is 22.2 Å². The normalized spacial score (nSPS) is 11.0. The van der Waals surface area contributed by atoms with Crippen molar-refractivity contribution in [2.45, 2.75) is 6.42 Å². The second kappa shape index (κ2) is 9.86. The molecule has 5 nitrogen and oxygen atoms in total. The zero-order valence-corrected chi connectivity index (χ0v) is 12.2. The van der Waals surface area contributed by atoms with E-state index in [9.17, 15) is 0 Å². The Morgan fingerprint density at radius 3 is 2.95 bits per heavy atom. The van der Waals surface area contributed by atoms with Crippen molar-refractivity contribution < 1.29 is 9.47 Å². The van der Waals surface area contributed by atoms with Crippen molar-refractivity contribution in [3.8, 4) is 5.75 Å². The minimum absolute atomic E-state index is 0.640. The average molecular weight is 277 g/mol. The molecular weight excluding hydrogens is 254 g/mol. The van der Waals surface area contributed by atoms with Gasteiger partial charge in [0.2, 0.25) is 0 Å². The highest BCUT2D eigenvalue weighted by Gasteiger charge is 2.00. The van der Waals surface area contributed by atoms with Crippen LogP contribution in [0.4, 0.5) is 5.69 Å². The highest BCUT2D eigenvalue weighted by molar-refractivity contribution is 5.93. The van der Waals surface area contributed by atoms with Crippen LogP contribution in [0.5, 0.6) is 5.75 Å². The number of anilines is 1. The van der Waals surface area contributed by atoms with Gasteiger partial charge in [0.25, 0.3) is 0 Å². The van der Waals surface area contributed by atoms with E-state index in [1.54, 1.807) is 20.2 Å². The Bertz CT molecular complexity index is 433. The summed E-state index contributed by atoms with van der Waals surface area (Å²) >= 11 is 0. The van der Waals surface area contributed by atoms with Crippen LogP contribution in [0.15, 0.2) is 41.9 Å². The third-order valence-corrected chi connectivity index (χ3v) is 2.50. The van der Waals surface area contributed by atoms with Crippen molar-refractivity contribution in [1.29, 1.82) is 0 Å². The lowest BCUT2D eigenvalue weighted by Gasteiger charge is -2.12. The first-order chi connectivity index (χ1) is 9.80. The number of ether oxygens (including phenoxy) is 2. The van der Waals surface area contributed by atoms with Gasteiger partial charge in [-0.25, -0.2) is 0 Å². The lowest BCUT2D eigenvalue weighted by atomic mass is 10.3. The van der Waals surface area contributed by atoms with Crippen molar-refractivity contribution in [2.75, 3.05) is 39.2 Å². The van der Waals surface area contributed by atoms with E-state index >= 15 is 0 Å². The fourth-order valence-corrected chi connectivity index (χ4v) is 1.54. The minimum atomic E-state index is 0.640. The second-order valence-corrected chi connectivity index (χ2v) is 4.09. The Kier molecular flexibility index (Phi) is 7.91.